The molecule has 0 amide bonds. The van der Waals surface area contributed by atoms with Gasteiger partial charge in [0.1, 0.15) is 0 Å². The number of aryl methyl sites for hydroxylation is 2. The van der Waals surface area contributed by atoms with E-state index in [-0.39, 0.29) is 0 Å². The Hall–Kier alpha value is -0.300. The number of hydrogen-bond acceptors (Lipinski definition) is 0. The Bertz CT molecular complexity index is 315. The summed E-state index contributed by atoms with van der Waals surface area (Å²) in [7, 11) is 0. The first-order chi connectivity index (χ1) is 9.86. The molecule has 0 unspecified atom stereocenters. The molecule has 0 aliphatic heterocycles. The Labute approximate surface area is 134 Å². The van der Waals surface area contributed by atoms with E-state index in [0.29, 0.717) is 0 Å². The van der Waals surface area contributed by atoms with E-state index in [1.165, 1.54) is 75.3 Å². The van der Waals surface area contributed by atoms with Crippen molar-refractivity contribution in [3.05, 3.63) is 35.4 Å². The van der Waals surface area contributed by atoms with Gasteiger partial charge < -0.3 is 0 Å². The molecule has 1 heteroatoms. The van der Waals surface area contributed by atoms with Crippen LogP contribution in [0, 0.1) is 0 Å². The molecule has 1 rings (SSSR count). The van der Waals surface area contributed by atoms with Crippen LogP contribution in [0.15, 0.2) is 24.3 Å². The summed E-state index contributed by atoms with van der Waals surface area (Å²) < 4.78 is 0. The van der Waals surface area contributed by atoms with E-state index in [1.807, 2.05) is 0 Å². The van der Waals surface area contributed by atoms with Crippen molar-refractivity contribution in [1.29, 1.82) is 0 Å². The van der Waals surface area contributed by atoms with Crippen LogP contribution in [0.5, 0.6) is 0 Å². The van der Waals surface area contributed by atoms with Crippen LogP contribution in [0.1, 0.15) is 75.8 Å². The van der Waals surface area contributed by atoms with Crippen molar-refractivity contribution < 1.29 is 0 Å². The highest BCUT2D eigenvalue weighted by atomic mass is 79.9. The quantitative estimate of drug-likeness (QED) is 0.294. The molecule has 20 heavy (non-hydrogen) atoms. The van der Waals surface area contributed by atoms with Crippen LogP contribution >= 0.6 is 15.9 Å². The van der Waals surface area contributed by atoms with Crippen molar-refractivity contribution in [2.45, 2.75) is 77.6 Å². The van der Waals surface area contributed by atoms with Gasteiger partial charge in [0.25, 0.3) is 0 Å². The number of rotatable bonds is 12. The third-order valence-electron chi connectivity index (χ3n) is 3.98. The molecule has 0 heterocycles. The molecule has 0 fully saturated rings. The van der Waals surface area contributed by atoms with E-state index in [2.05, 4.69) is 47.1 Å². The number of alkyl halides is 1. The zero-order valence-electron chi connectivity index (χ0n) is 13.2. The third-order valence-corrected chi connectivity index (χ3v) is 4.37. The van der Waals surface area contributed by atoms with Crippen LogP contribution in [0.25, 0.3) is 0 Å². The summed E-state index contributed by atoms with van der Waals surface area (Å²) in [5.41, 5.74) is 2.95. The van der Waals surface area contributed by atoms with E-state index >= 15 is 0 Å². The van der Waals surface area contributed by atoms with Crippen molar-refractivity contribution in [3.63, 3.8) is 0 Å². The van der Waals surface area contributed by atoms with Gasteiger partial charge in [0, 0.05) is 5.33 Å². The van der Waals surface area contributed by atoms with Gasteiger partial charge in [-0.3, -0.25) is 0 Å². The van der Waals surface area contributed by atoms with Gasteiger partial charge in [-0.25, -0.2) is 0 Å². The van der Waals surface area contributed by atoms with E-state index < -0.39 is 0 Å². The Balaban J connectivity index is 1.98. The van der Waals surface area contributed by atoms with Crippen LogP contribution in [0.3, 0.4) is 0 Å². The summed E-state index contributed by atoms with van der Waals surface area (Å²) in [4.78, 5) is 0. The molecule has 0 saturated heterocycles. The Morgan fingerprint density at radius 2 is 1.10 bits per heavy atom. The highest BCUT2D eigenvalue weighted by Crippen LogP contribution is 2.13. The fraction of sp³-hybridized carbons (Fsp3) is 0.684. The summed E-state index contributed by atoms with van der Waals surface area (Å²) in [5, 5.41) is 1.06. The predicted molar refractivity (Wildman–Crippen MR) is 94.9 cm³/mol. The van der Waals surface area contributed by atoms with Gasteiger partial charge in [-0.2, -0.15) is 0 Å². The largest absolute Gasteiger partial charge is 0.0924 e. The first kappa shape index (κ1) is 17.8. The minimum Gasteiger partial charge on any atom is -0.0924 e. The fourth-order valence-corrected chi connectivity index (χ4v) is 3.08. The first-order valence-electron chi connectivity index (χ1n) is 8.50. The van der Waals surface area contributed by atoms with E-state index in [1.54, 1.807) is 0 Å². The van der Waals surface area contributed by atoms with Gasteiger partial charge in [-0.05, 0) is 30.4 Å². The molecule has 1 aromatic carbocycles. The topological polar surface area (TPSA) is 0 Å². The van der Waals surface area contributed by atoms with Crippen LogP contribution < -0.4 is 0 Å². The standard InChI is InChI=1S/C19H31Br/c1-2-3-4-5-6-7-8-9-10-11-18-12-14-19(15-13-18)16-17-20/h12-15H,2-11,16-17H2,1H3. The normalized spacial score (nSPS) is 10.9. The van der Waals surface area contributed by atoms with Gasteiger partial charge >= 0.3 is 0 Å². The molecule has 0 aliphatic carbocycles. The van der Waals surface area contributed by atoms with Crippen molar-refractivity contribution in [2.24, 2.45) is 0 Å². The SMILES string of the molecule is CCCCCCCCCCCc1ccc(CCBr)cc1. The zero-order chi connectivity index (χ0) is 14.5. The second-order valence-electron chi connectivity index (χ2n) is 5.83. The molecule has 0 N–H and O–H groups in total. The molecule has 0 atom stereocenters. The fourth-order valence-electron chi connectivity index (χ4n) is 2.62. The molecule has 114 valence electrons. The molecular weight excluding hydrogens is 308 g/mol. The lowest BCUT2D eigenvalue weighted by Gasteiger charge is -2.04. The lowest BCUT2D eigenvalue weighted by atomic mass is 10.0. The molecule has 0 aromatic heterocycles. The molecule has 0 aliphatic rings. The molecule has 1 aromatic rings. The smallest absolute Gasteiger partial charge is 0.00718 e. The number of halogens is 1. The molecule has 0 spiro atoms. The van der Waals surface area contributed by atoms with Gasteiger partial charge in [0.15, 0.2) is 0 Å². The lowest BCUT2D eigenvalue weighted by molar-refractivity contribution is 0.565. The van der Waals surface area contributed by atoms with Crippen molar-refractivity contribution in [1.82, 2.24) is 0 Å². The van der Waals surface area contributed by atoms with Gasteiger partial charge in [0.05, 0.1) is 0 Å². The summed E-state index contributed by atoms with van der Waals surface area (Å²) in [5.74, 6) is 0. The maximum absolute atomic E-state index is 3.49. The molecule has 0 radical (unpaired) electrons. The maximum Gasteiger partial charge on any atom is 0.00718 e. The third kappa shape index (κ3) is 8.79. The minimum atomic E-state index is 1.06. The predicted octanol–water partition coefficient (Wildman–Crippen LogP) is 6.70. The summed E-state index contributed by atoms with van der Waals surface area (Å²) in [6.07, 6.45) is 15.1. The number of benzene rings is 1. The number of unbranched alkanes of at least 4 members (excludes halogenated alkanes) is 8. The van der Waals surface area contributed by atoms with Crippen LogP contribution in [-0.2, 0) is 12.8 Å². The zero-order valence-corrected chi connectivity index (χ0v) is 14.8. The van der Waals surface area contributed by atoms with Crippen LogP contribution in [0.2, 0.25) is 0 Å². The van der Waals surface area contributed by atoms with E-state index in [9.17, 15) is 0 Å². The van der Waals surface area contributed by atoms with E-state index in [0.717, 1.165) is 11.8 Å². The average molecular weight is 339 g/mol. The monoisotopic (exact) mass is 338 g/mol. The average Bonchev–Trinajstić information content (AvgIpc) is 2.47. The highest BCUT2D eigenvalue weighted by molar-refractivity contribution is 9.09. The second-order valence-corrected chi connectivity index (χ2v) is 6.63. The summed E-state index contributed by atoms with van der Waals surface area (Å²) in [6.45, 7) is 2.28. The molecule has 0 saturated carbocycles. The molecular formula is C19H31Br. The molecule has 0 bridgehead atoms. The van der Waals surface area contributed by atoms with Crippen LogP contribution in [-0.4, -0.2) is 5.33 Å². The summed E-state index contributed by atoms with van der Waals surface area (Å²) in [6, 6.07) is 9.18. The van der Waals surface area contributed by atoms with Crippen molar-refractivity contribution in [2.75, 3.05) is 5.33 Å². The Morgan fingerprint density at radius 3 is 1.60 bits per heavy atom. The first-order valence-corrected chi connectivity index (χ1v) is 9.62. The highest BCUT2D eigenvalue weighted by Gasteiger charge is 1.96. The van der Waals surface area contributed by atoms with Gasteiger partial charge in [-0.1, -0.05) is 98.5 Å². The minimum absolute atomic E-state index is 1.06. The van der Waals surface area contributed by atoms with Crippen LogP contribution in [0.4, 0.5) is 0 Å². The molecule has 0 nitrogen and oxygen atoms in total. The number of hydrogen-bond donors (Lipinski definition) is 0. The van der Waals surface area contributed by atoms with Gasteiger partial charge in [-0.15, -0.1) is 0 Å². The van der Waals surface area contributed by atoms with Crippen molar-refractivity contribution in [3.8, 4) is 0 Å². The van der Waals surface area contributed by atoms with Gasteiger partial charge in [0.2, 0.25) is 0 Å². The summed E-state index contributed by atoms with van der Waals surface area (Å²) >= 11 is 3.49. The second kappa shape index (κ2) is 12.4. The maximum atomic E-state index is 3.49. The van der Waals surface area contributed by atoms with E-state index in [4.69, 9.17) is 0 Å². The Kier molecular flexibility index (Phi) is 11.0. The Morgan fingerprint density at radius 1 is 0.650 bits per heavy atom. The lowest BCUT2D eigenvalue weighted by Crippen LogP contribution is -1.89. The van der Waals surface area contributed by atoms with Crippen molar-refractivity contribution >= 4 is 15.9 Å².